The van der Waals surface area contributed by atoms with E-state index in [0.29, 0.717) is 6.54 Å². The molecule has 17 heavy (non-hydrogen) atoms. The van der Waals surface area contributed by atoms with E-state index in [-0.39, 0.29) is 5.69 Å². The van der Waals surface area contributed by atoms with Gasteiger partial charge < -0.3 is 10.4 Å². The van der Waals surface area contributed by atoms with Gasteiger partial charge in [-0.2, -0.15) is 13.2 Å². The maximum absolute atomic E-state index is 12.6. The molecule has 0 amide bonds. The van der Waals surface area contributed by atoms with E-state index in [2.05, 4.69) is 11.9 Å². The van der Waals surface area contributed by atoms with Crippen LogP contribution < -0.4 is 5.32 Å². The minimum Gasteiger partial charge on any atom is -0.478 e. The number of nitrogens with one attached hydrogen (secondary N) is 1. The molecule has 0 saturated heterocycles. The van der Waals surface area contributed by atoms with Gasteiger partial charge in [-0.3, -0.25) is 0 Å². The van der Waals surface area contributed by atoms with Crippen LogP contribution in [0, 0.1) is 0 Å². The van der Waals surface area contributed by atoms with Crippen LogP contribution in [0.3, 0.4) is 0 Å². The van der Waals surface area contributed by atoms with Crippen molar-refractivity contribution in [3.8, 4) is 0 Å². The van der Waals surface area contributed by atoms with Crippen LogP contribution in [0.2, 0.25) is 0 Å². The molecule has 0 atom stereocenters. The third-order valence-electron chi connectivity index (χ3n) is 2.01. The Hall–Kier alpha value is -1.98. The number of alkyl halides is 3. The number of hydrogen-bond acceptors (Lipinski definition) is 2. The van der Waals surface area contributed by atoms with Crippen molar-refractivity contribution in [1.29, 1.82) is 0 Å². The molecule has 0 heterocycles. The highest BCUT2D eigenvalue weighted by Gasteiger charge is 2.35. The predicted molar refractivity (Wildman–Crippen MR) is 57.1 cm³/mol. The third kappa shape index (κ3) is 3.24. The normalized spacial score (nSPS) is 11.0. The van der Waals surface area contributed by atoms with Crippen molar-refractivity contribution >= 4 is 11.7 Å². The number of anilines is 1. The quantitative estimate of drug-likeness (QED) is 0.801. The van der Waals surface area contributed by atoms with Gasteiger partial charge in [0.25, 0.3) is 0 Å². The van der Waals surface area contributed by atoms with Gasteiger partial charge in [0.05, 0.1) is 11.1 Å². The monoisotopic (exact) mass is 245 g/mol. The molecule has 0 fully saturated rings. The highest BCUT2D eigenvalue weighted by Crippen LogP contribution is 2.33. The fourth-order valence-electron chi connectivity index (χ4n) is 1.27. The lowest BCUT2D eigenvalue weighted by molar-refractivity contribution is -0.138. The van der Waals surface area contributed by atoms with E-state index in [9.17, 15) is 18.0 Å². The van der Waals surface area contributed by atoms with E-state index in [1.54, 1.807) is 0 Å². The van der Waals surface area contributed by atoms with Crippen LogP contribution in [0.15, 0.2) is 30.9 Å². The van der Waals surface area contributed by atoms with Crippen molar-refractivity contribution in [3.05, 3.63) is 42.0 Å². The Labute approximate surface area is 95.6 Å². The summed E-state index contributed by atoms with van der Waals surface area (Å²) in [5.74, 6) is -1.60. The third-order valence-corrected chi connectivity index (χ3v) is 2.01. The number of carboxylic acid groups (broad SMARTS) is 1. The predicted octanol–water partition coefficient (Wildman–Crippen LogP) is 3.00. The number of carbonyl (C=O) groups is 1. The van der Waals surface area contributed by atoms with Gasteiger partial charge in [0.1, 0.15) is 0 Å². The first-order valence-corrected chi connectivity index (χ1v) is 4.65. The van der Waals surface area contributed by atoms with E-state index in [1.807, 2.05) is 0 Å². The molecule has 0 aliphatic heterocycles. The van der Waals surface area contributed by atoms with Gasteiger partial charge in [0, 0.05) is 12.2 Å². The van der Waals surface area contributed by atoms with Gasteiger partial charge in [0.2, 0.25) is 0 Å². The molecule has 0 bridgehead atoms. The highest BCUT2D eigenvalue weighted by atomic mass is 19.4. The number of benzene rings is 1. The second-order valence-corrected chi connectivity index (χ2v) is 3.23. The van der Waals surface area contributed by atoms with Crippen molar-refractivity contribution < 1.29 is 23.1 Å². The van der Waals surface area contributed by atoms with E-state index in [1.165, 1.54) is 12.1 Å². The molecule has 2 N–H and O–H groups in total. The zero-order valence-corrected chi connectivity index (χ0v) is 8.71. The maximum atomic E-state index is 12.6. The SMILES string of the molecule is C=CCNc1ccc(C(=O)O)c(C(F)(F)F)c1. The van der Waals surface area contributed by atoms with Gasteiger partial charge in [0.15, 0.2) is 0 Å². The Morgan fingerprint density at radius 1 is 1.47 bits per heavy atom. The summed E-state index contributed by atoms with van der Waals surface area (Å²) in [5, 5.41) is 11.3. The Balaban J connectivity index is 3.19. The Bertz CT molecular complexity index is 441. The number of rotatable bonds is 4. The lowest BCUT2D eigenvalue weighted by Crippen LogP contribution is -2.13. The molecule has 0 aliphatic rings. The molecule has 1 aromatic rings. The fourth-order valence-corrected chi connectivity index (χ4v) is 1.27. The van der Waals surface area contributed by atoms with E-state index >= 15 is 0 Å². The maximum Gasteiger partial charge on any atom is 0.417 e. The van der Waals surface area contributed by atoms with Crippen molar-refractivity contribution in [3.63, 3.8) is 0 Å². The summed E-state index contributed by atoms with van der Waals surface area (Å²) in [5.41, 5.74) is -1.73. The van der Waals surface area contributed by atoms with Gasteiger partial charge in [-0.05, 0) is 18.2 Å². The average Bonchev–Trinajstić information content (AvgIpc) is 2.24. The highest BCUT2D eigenvalue weighted by molar-refractivity contribution is 5.90. The van der Waals surface area contributed by atoms with Crippen LogP contribution in [-0.4, -0.2) is 17.6 Å². The zero-order valence-electron chi connectivity index (χ0n) is 8.71. The molecular formula is C11H10F3NO2. The standard InChI is InChI=1S/C11H10F3NO2/c1-2-5-15-7-3-4-8(10(16)17)9(6-7)11(12,13)14/h2-4,6,15H,1,5H2,(H,16,17). The second-order valence-electron chi connectivity index (χ2n) is 3.23. The molecule has 3 nitrogen and oxygen atoms in total. The zero-order chi connectivity index (χ0) is 13.1. The summed E-state index contributed by atoms with van der Waals surface area (Å²) in [6, 6.07) is 2.98. The van der Waals surface area contributed by atoms with Crippen molar-refractivity contribution in [2.75, 3.05) is 11.9 Å². The summed E-state index contributed by atoms with van der Waals surface area (Å²) in [4.78, 5) is 10.7. The van der Waals surface area contributed by atoms with Crippen LogP contribution in [-0.2, 0) is 6.18 Å². The molecule has 0 unspecified atom stereocenters. The van der Waals surface area contributed by atoms with E-state index in [0.717, 1.165) is 12.1 Å². The van der Waals surface area contributed by atoms with Crippen LogP contribution >= 0.6 is 0 Å². The Morgan fingerprint density at radius 2 is 2.12 bits per heavy atom. The molecule has 6 heteroatoms. The van der Waals surface area contributed by atoms with Crippen LogP contribution in [0.25, 0.3) is 0 Å². The van der Waals surface area contributed by atoms with E-state index < -0.39 is 23.3 Å². The van der Waals surface area contributed by atoms with Crippen molar-refractivity contribution in [2.45, 2.75) is 6.18 Å². The molecule has 0 aromatic heterocycles. The number of aromatic carboxylic acids is 1. The summed E-state index contributed by atoms with van der Waals surface area (Å²) >= 11 is 0. The first-order valence-electron chi connectivity index (χ1n) is 4.65. The summed E-state index contributed by atoms with van der Waals surface area (Å²) in [6.07, 6.45) is -3.21. The summed E-state index contributed by atoms with van der Waals surface area (Å²) in [6.45, 7) is 3.71. The van der Waals surface area contributed by atoms with Gasteiger partial charge in [-0.25, -0.2) is 4.79 Å². The first-order chi connectivity index (χ1) is 7.86. The molecule has 92 valence electrons. The smallest absolute Gasteiger partial charge is 0.417 e. The average molecular weight is 245 g/mol. The lowest BCUT2D eigenvalue weighted by Gasteiger charge is -2.12. The number of carboxylic acids is 1. The Morgan fingerprint density at radius 3 is 2.59 bits per heavy atom. The minimum atomic E-state index is -4.69. The van der Waals surface area contributed by atoms with Crippen molar-refractivity contribution in [1.82, 2.24) is 0 Å². The molecule has 0 radical (unpaired) electrons. The van der Waals surface area contributed by atoms with E-state index in [4.69, 9.17) is 5.11 Å². The van der Waals surface area contributed by atoms with Gasteiger partial charge in [-0.15, -0.1) is 6.58 Å². The first kappa shape index (κ1) is 13.1. The molecule has 0 spiro atoms. The van der Waals surface area contributed by atoms with Crippen LogP contribution in [0.4, 0.5) is 18.9 Å². The number of hydrogen-bond donors (Lipinski definition) is 2. The van der Waals surface area contributed by atoms with Crippen LogP contribution in [0.1, 0.15) is 15.9 Å². The fraction of sp³-hybridized carbons (Fsp3) is 0.182. The Kier molecular flexibility index (Phi) is 3.77. The van der Waals surface area contributed by atoms with Crippen LogP contribution in [0.5, 0.6) is 0 Å². The van der Waals surface area contributed by atoms with Crippen molar-refractivity contribution in [2.24, 2.45) is 0 Å². The number of halogens is 3. The topological polar surface area (TPSA) is 49.3 Å². The second kappa shape index (κ2) is 4.90. The summed E-state index contributed by atoms with van der Waals surface area (Å²) in [7, 11) is 0. The molecule has 0 saturated carbocycles. The largest absolute Gasteiger partial charge is 0.478 e. The molecule has 1 aromatic carbocycles. The van der Waals surface area contributed by atoms with Gasteiger partial charge in [-0.1, -0.05) is 6.08 Å². The van der Waals surface area contributed by atoms with Gasteiger partial charge >= 0.3 is 12.1 Å². The molecule has 0 aliphatic carbocycles. The molecule has 1 rings (SSSR count). The minimum absolute atomic E-state index is 0.197. The summed E-state index contributed by atoms with van der Waals surface area (Å²) < 4.78 is 37.8. The molecular weight excluding hydrogens is 235 g/mol. The lowest BCUT2D eigenvalue weighted by atomic mass is 10.1.